The van der Waals surface area contributed by atoms with E-state index in [0.717, 1.165) is 55.1 Å². The molecule has 2 heterocycles. The van der Waals surface area contributed by atoms with Gasteiger partial charge in [-0.15, -0.1) is 35.0 Å². The Balaban J connectivity index is 0.00000121. The van der Waals surface area contributed by atoms with Crippen LogP contribution >= 0.6 is 24.8 Å². The Morgan fingerprint density at radius 2 is 1.88 bits per heavy atom. The fraction of sp³-hybridized carbons (Fsp3) is 0.500. The lowest BCUT2D eigenvalue weighted by molar-refractivity contribution is -0.119. The molecule has 2 aliphatic rings. The van der Waals surface area contributed by atoms with Gasteiger partial charge in [-0.25, -0.2) is 0 Å². The van der Waals surface area contributed by atoms with E-state index in [1.54, 1.807) is 0 Å². The summed E-state index contributed by atoms with van der Waals surface area (Å²) in [6.45, 7) is 0.984. The smallest absolute Gasteiger partial charge is 0.227 e. The van der Waals surface area contributed by atoms with E-state index in [1.165, 1.54) is 12.8 Å². The Kier molecular flexibility index (Phi) is 7.03. The summed E-state index contributed by atoms with van der Waals surface area (Å²) < 4.78 is 2.21. The minimum atomic E-state index is 0. The Morgan fingerprint density at radius 1 is 1.12 bits per heavy atom. The van der Waals surface area contributed by atoms with Crippen LogP contribution in [0.4, 0.5) is 5.69 Å². The number of aryl methyl sites for hydroxylation is 1. The van der Waals surface area contributed by atoms with E-state index in [9.17, 15) is 4.79 Å². The van der Waals surface area contributed by atoms with Gasteiger partial charge < -0.3 is 15.6 Å². The number of nitrogens with zero attached hydrogens (tertiary/aromatic N) is 3. The maximum absolute atomic E-state index is 12.3. The zero-order chi connectivity index (χ0) is 16.5. The van der Waals surface area contributed by atoms with Gasteiger partial charge in [-0.1, -0.05) is 0 Å². The maximum atomic E-state index is 12.3. The Morgan fingerprint density at radius 3 is 2.58 bits per heavy atom. The number of halogens is 2. The van der Waals surface area contributed by atoms with Crippen LogP contribution in [0.1, 0.15) is 37.9 Å². The quantitative estimate of drug-likeness (QED) is 0.832. The molecule has 26 heavy (non-hydrogen) atoms. The molecule has 1 fully saturated rings. The first-order valence-electron chi connectivity index (χ1n) is 8.79. The number of aromatic nitrogens is 3. The van der Waals surface area contributed by atoms with E-state index in [1.807, 2.05) is 24.3 Å². The number of rotatable bonds is 3. The van der Waals surface area contributed by atoms with Crippen molar-refractivity contribution >= 4 is 36.4 Å². The van der Waals surface area contributed by atoms with Crippen LogP contribution in [0.5, 0.6) is 0 Å². The Bertz CT molecular complexity index is 747. The van der Waals surface area contributed by atoms with Gasteiger partial charge in [0.1, 0.15) is 5.82 Å². The first-order chi connectivity index (χ1) is 11.7. The number of anilines is 1. The number of hydrogen-bond acceptors (Lipinski definition) is 4. The fourth-order valence-corrected chi connectivity index (χ4v) is 3.72. The summed E-state index contributed by atoms with van der Waals surface area (Å²) in [5.74, 6) is 2.12. The van der Waals surface area contributed by atoms with Crippen molar-refractivity contribution in [3.63, 3.8) is 0 Å². The first-order valence-corrected chi connectivity index (χ1v) is 8.79. The van der Waals surface area contributed by atoms with Gasteiger partial charge in [0, 0.05) is 36.2 Å². The van der Waals surface area contributed by atoms with Crippen molar-refractivity contribution in [1.82, 2.24) is 14.8 Å². The second-order valence-electron chi connectivity index (χ2n) is 6.89. The molecule has 0 saturated heterocycles. The van der Waals surface area contributed by atoms with E-state index < -0.39 is 0 Å². The van der Waals surface area contributed by atoms with Gasteiger partial charge in [0.2, 0.25) is 5.91 Å². The van der Waals surface area contributed by atoms with Crippen molar-refractivity contribution in [3.8, 4) is 11.4 Å². The summed E-state index contributed by atoms with van der Waals surface area (Å²) in [7, 11) is 0. The summed E-state index contributed by atoms with van der Waals surface area (Å²) in [4.78, 5) is 12.3. The van der Waals surface area contributed by atoms with Crippen molar-refractivity contribution in [3.05, 3.63) is 30.1 Å². The zero-order valence-corrected chi connectivity index (χ0v) is 16.2. The third-order valence-corrected chi connectivity index (χ3v) is 5.11. The number of fused-ring (bicyclic) bond motifs is 1. The molecule has 1 saturated carbocycles. The summed E-state index contributed by atoms with van der Waals surface area (Å²) >= 11 is 0. The molecular formula is C18H25Cl2N5O. The SMILES string of the molecule is Cl.Cl.NC1CCC(C(=O)Nc2ccc(-c3nnc4n3CCCC4)cc2)C1. The standard InChI is InChI=1S/C18H23N5O.2ClH/c19-14-7-4-13(11-14)18(24)20-15-8-5-12(6-9-15)17-22-21-16-3-1-2-10-23(16)17;;/h5-6,8-9,13-14H,1-4,7,10-11,19H2,(H,20,24);2*1H. The Hall–Kier alpha value is -1.63. The van der Waals surface area contributed by atoms with Gasteiger partial charge in [0.05, 0.1) is 0 Å². The fourth-order valence-electron chi connectivity index (χ4n) is 3.72. The number of carbonyl (C=O) groups is 1. The van der Waals surface area contributed by atoms with Gasteiger partial charge in [-0.3, -0.25) is 4.79 Å². The predicted molar refractivity (Wildman–Crippen MR) is 107 cm³/mol. The molecule has 1 aliphatic carbocycles. The van der Waals surface area contributed by atoms with Crippen molar-refractivity contribution in [2.75, 3.05) is 5.32 Å². The Labute approximate surface area is 165 Å². The largest absolute Gasteiger partial charge is 0.328 e. The molecule has 1 aromatic heterocycles. The molecule has 1 aliphatic heterocycles. The van der Waals surface area contributed by atoms with Crippen LogP contribution in [-0.2, 0) is 17.8 Å². The van der Waals surface area contributed by atoms with Crippen LogP contribution in [0.15, 0.2) is 24.3 Å². The van der Waals surface area contributed by atoms with E-state index >= 15 is 0 Å². The molecule has 1 amide bonds. The highest BCUT2D eigenvalue weighted by Gasteiger charge is 2.27. The van der Waals surface area contributed by atoms with E-state index in [0.29, 0.717) is 0 Å². The molecule has 2 aromatic rings. The average Bonchev–Trinajstić information content (AvgIpc) is 3.22. The third-order valence-electron chi connectivity index (χ3n) is 5.11. The maximum Gasteiger partial charge on any atom is 0.227 e. The molecule has 142 valence electrons. The summed E-state index contributed by atoms with van der Waals surface area (Å²) in [6, 6.07) is 8.05. The predicted octanol–water partition coefficient (Wildman–Crippen LogP) is 3.19. The van der Waals surface area contributed by atoms with Crippen molar-refractivity contribution in [1.29, 1.82) is 0 Å². The second kappa shape index (κ2) is 8.84. The molecule has 0 bridgehead atoms. The molecule has 6 nitrogen and oxygen atoms in total. The van der Waals surface area contributed by atoms with Crippen LogP contribution in [-0.4, -0.2) is 26.7 Å². The highest BCUT2D eigenvalue weighted by atomic mass is 35.5. The molecule has 0 radical (unpaired) electrons. The van der Waals surface area contributed by atoms with E-state index in [4.69, 9.17) is 5.73 Å². The van der Waals surface area contributed by atoms with Crippen LogP contribution in [0.3, 0.4) is 0 Å². The molecule has 2 unspecified atom stereocenters. The van der Waals surface area contributed by atoms with Gasteiger partial charge in [-0.05, 0) is 56.4 Å². The van der Waals surface area contributed by atoms with Crippen molar-refractivity contribution in [2.24, 2.45) is 11.7 Å². The van der Waals surface area contributed by atoms with Crippen LogP contribution < -0.4 is 11.1 Å². The minimum absolute atomic E-state index is 0. The van der Waals surface area contributed by atoms with E-state index in [-0.39, 0.29) is 42.7 Å². The van der Waals surface area contributed by atoms with Crippen molar-refractivity contribution < 1.29 is 4.79 Å². The summed E-state index contributed by atoms with van der Waals surface area (Å²) in [5.41, 5.74) is 7.75. The lowest BCUT2D eigenvalue weighted by Gasteiger charge is -2.15. The topological polar surface area (TPSA) is 85.8 Å². The molecule has 4 rings (SSSR count). The minimum Gasteiger partial charge on any atom is -0.328 e. The zero-order valence-electron chi connectivity index (χ0n) is 14.6. The van der Waals surface area contributed by atoms with Crippen LogP contribution in [0.2, 0.25) is 0 Å². The number of hydrogen-bond donors (Lipinski definition) is 2. The van der Waals surface area contributed by atoms with Crippen molar-refractivity contribution in [2.45, 2.75) is 51.1 Å². The van der Waals surface area contributed by atoms with Gasteiger partial charge in [0.15, 0.2) is 5.82 Å². The van der Waals surface area contributed by atoms with Crippen LogP contribution in [0.25, 0.3) is 11.4 Å². The van der Waals surface area contributed by atoms with Gasteiger partial charge >= 0.3 is 0 Å². The molecule has 2 atom stereocenters. The van der Waals surface area contributed by atoms with Crippen LogP contribution in [0, 0.1) is 5.92 Å². The average molecular weight is 398 g/mol. The summed E-state index contributed by atoms with van der Waals surface area (Å²) in [6.07, 6.45) is 5.98. The number of carbonyl (C=O) groups excluding carboxylic acids is 1. The summed E-state index contributed by atoms with van der Waals surface area (Å²) in [5, 5.41) is 11.6. The number of amides is 1. The molecular weight excluding hydrogens is 373 g/mol. The highest BCUT2D eigenvalue weighted by Crippen LogP contribution is 2.27. The molecule has 8 heteroatoms. The molecule has 3 N–H and O–H groups in total. The molecule has 1 aromatic carbocycles. The highest BCUT2D eigenvalue weighted by molar-refractivity contribution is 5.93. The number of nitrogens with two attached hydrogens (primary N) is 1. The molecule has 0 spiro atoms. The normalized spacial score (nSPS) is 21.3. The number of nitrogens with one attached hydrogen (secondary N) is 1. The second-order valence-corrected chi connectivity index (χ2v) is 6.89. The lowest BCUT2D eigenvalue weighted by atomic mass is 10.1. The monoisotopic (exact) mass is 397 g/mol. The first kappa shape index (κ1) is 20.7. The van der Waals surface area contributed by atoms with E-state index in [2.05, 4.69) is 20.1 Å². The van der Waals surface area contributed by atoms with Gasteiger partial charge in [0.25, 0.3) is 0 Å². The number of benzene rings is 1. The lowest BCUT2D eigenvalue weighted by Crippen LogP contribution is -2.23. The third kappa shape index (κ3) is 4.19. The van der Waals surface area contributed by atoms with Gasteiger partial charge in [-0.2, -0.15) is 0 Å².